The number of aryl methyl sites for hydroxylation is 1. The van der Waals surface area contributed by atoms with Gasteiger partial charge in [-0.2, -0.15) is 0 Å². The summed E-state index contributed by atoms with van der Waals surface area (Å²) in [7, 11) is 1.58. The normalized spacial score (nSPS) is 11.6. The largest absolute Gasteiger partial charge is 0.493 e. The van der Waals surface area contributed by atoms with Gasteiger partial charge in [0.1, 0.15) is 0 Å². The standard InChI is InChI=1S/C18H21NO3/c1-4-15(22-17-8-6-5-7-16(17)21-3)18(20)19-14-11-9-13(2)10-12-14/h5-12,15H,4H2,1-3H3,(H,19,20)/t15-/m1/s1. The van der Waals surface area contributed by atoms with Crippen molar-refractivity contribution in [1.29, 1.82) is 0 Å². The lowest BCUT2D eigenvalue weighted by atomic mass is 10.2. The first-order chi connectivity index (χ1) is 10.6. The van der Waals surface area contributed by atoms with Crippen molar-refractivity contribution in [3.8, 4) is 11.5 Å². The van der Waals surface area contributed by atoms with Crippen molar-refractivity contribution in [3.05, 3.63) is 54.1 Å². The maximum atomic E-state index is 12.4. The number of para-hydroxylation sites is 2. The van der Waals surface area contributed by atoms with Crippen LogP contribution in [0.5, 0.6) is 11.5 Å². The number of hydrogen-bond donors (Lipinski definition) is 1. The predicted octanol–water partition coefficient (Wildman–Crippen LogP) is 3.80. The molecule has 4 heteroatoms. The van der Waals surface area contributed by atoms with Gasteiger partial charge in [0, 0.05) is 5.69 Å². The molecule has 0 fully saturated rings. The molecule has 1 amide bonds. The lowest BCUT2D eigenvalue weighted by Gasteiger charge is -2.18. The Morgan fingerprint density at radius 2 is 1.73 bits per heavy atom. The molecule has 0 saturated heterocycles. The van der Waals surface area contributed by atoms with Crippen LogP contribution in [0.15, 0.2) is 48.5 Å². The molecule has 0 saturated carbocycles. The molecule has 2 rings (SSSR count). The van der Waals surface area contributed by atoms with Crippen LogP contribution in [0.4, 0.5) is 5.69 Å². The van der Waals surface area contributed by atoms with E-state index in [0.29, 0.717) is 17.9 Å². The highest BCUT2D eigenvalue weighted by molar-refractivity contribution is 5.94. The number of ether oxygens (including phenoxy) is 2. The fraction of sp³-hybridized carbons (Fsp3) is 0.278. The number of nitrogens with one attached hydrogen (secondary N) is 1. The lowest BCUT2D eigenvalue weighted by Crippen LogP contribution is -2.32. The molecule has 0 aliphatic carbocycles. The minimum atomic E-state index is -0.572. The van der Waals surface area contributed by atoms with Crippen LogP contribution in [0.3, 0.4) is 0 Å². The molecule has 1 N–H and O–H groups in total. The number of methoxy groups -OCH3 is 1. The van der Waals surface area contributed by atoms with E-state index in [0.717, 1.165) is 11.3 Å². The van der Waals surface area contributed by atoms with E-state index in [2.05, 4.69) is 5.32 Å². The Labute approximate surface area is 131 Å². The molecule has 4 nitrogen and oxygen atoms in total. The topological polar surface area (TPSA) is 47.6 Å². The third-order valence-corrected chi connectivity index (χ3v) is 3.32. The Hall–Kier alpha value is -2.49. The Kier molecular flexibility index (Phi) is 5.42. The van der Waals surface area contributed by atoms with Crippen LogP contribution in [0, 0.1) is 6.92 Å². The van der Waals surface area contributed by atoms with Gasteiger partial charge in [0.2, 0.25) is 0 Å². The van der Waals surface area contributed by atoms with E-state index in [-0.39, 0.29) is 5.91 Å². The third-order valence-electron chi connectivity index (χ3n) is 3.32. The van der Waals surface area contributed by atoms with E-state index >= 15 is 0 Å². The van der Waals surface area contributed by atoms with Gasteiger partial charge in [-0.05, 0) is 37.6 Å². The average Bonchev–Trinajstić information content (AvgIpc) is 2.55. The predicted molar refractivity (Wildman–Crippen MR) is 87.5 cm³/mol. The monoisotopic (exact) mass is 299 g/mol. The summed E-state index contributed by atoms with van der Waals surface area (Å²) in [5.74, 6) is 1.01. The number of hydrogen-bond acceptors (Lipinski definition) is 3. The molecule has 22 heavy (non-hydrogen) atoms. The number of rotatable bonds is 6. The van der Waals surface area contributed by atoms with E-state index in [1.54, 1.807) is 19.2 Å². The summed E-state index contributed by atoms with van der Waals surface area (Å²) in [6.07, 6.45) is -0.00644. The summed E-state index contributed by atoms with van der Waals surface area (Å²) in [5, 5.41) is 2.87. The van der Waals surface area contributed by atoms with Crippen LogP contribution in [0.1, 0.15) is 18.9 Å². The average molecular weight is 299 g/mol. The smallest absolute Gasteiger partial charge is 0.265 e. The molecule has 2 aromatic carbocycles. The van der Waals surface area contributed by atoms with Crippen molar-refractivity contribution < 1.29 is 14.3 Å². The molecule has 0 unspecified atom stereocenters. The van der Waals surface area contributed by atoms with Crippen molar-refractivity contribution in [2.24, 2.45) is 0 Å². The minimum absolute atomic E-state index is 0.169. The first-order valence-corrected chi connectivity index (χ1v) is 7.31. The van der Waals surface area contributed by atoms with E-state index in [4.69, 9.17) is 9.47 Å². The van der Waals surface area contributed by atoms with E-state index in [1.807, 2.05) is 50.2 Å². The first kappa shape index (κ1) is 15.9. The van der Waals surface area contributed by atoms with Crippen molar-refractivity contribution in [2.75, 3.05) is 12.4 Å². The molecule has 0 aromatic heterocycles. The molecule has 0 radical (unpaired) electrons. The Morgan fingerprint density at radius 3 is 2.32 bits per heavy atom. The van der Waals surface area contributed by atoms with Gasteiger partial charge in [-0.15, -0.1) is 0 Å². The van der Waals surface area contributed by atoms with Crippen molar-refractivity contribution >= 4 is 11.6 Å². The summed E-state index contributed by atoms with van der Waals surface area (Å²) in [6.45, 7) is 3.92. The lowest BCUT2D eigenvalue weighted by molar-refractivity contribution is -0.122. The number of amides is 1. The van der Waals surface area contributed by atoms with E-state index in [9.17, 15) is 4.79 Å². The molecular weight excluding hydrogens is 278 g/mol. The van der Waals surface area contributed by atoms with E-state index in [1.165, 1.54) is 0 Å². The van der Waals surface area contributed by atoms with Crippen LogP contribution < -0.4 is 14.8 Å². The second kappa shape index (κ2) is 7.50. The third kappa shape index (κ3) is 4.01. The zero-order valence-corrected chi connectivity index (χ0v) is 13.1. The van der Waals surface area contributed by atoms with E-state index < -0.39 is 6.10 Å². The van der Waals surface area contributed by atoms with Crippen molar-refractivity contribution in [1.82, 2.24) is 0 Å². The molecule has 0 aliphatic heterocycles. The molecule has 0 aliphatic rings. The number of benzene rings is 2. The van der Waals surface area contributed by atoms with Crippen LogP contribution in [-0.2, 0) is 4.79 Å². The van der Waals surface area contributed by atoms with Gasteiger partial charge < -0.3 is 14.8 Å². The molecule has 0 heterocycles. The summed E-state index contributed by atoms with van der Waals surface area (Å²) in [4.78, 5) is 12.4. The highest BCUT2D eigenvalue weighted by atomic mass is 16.5. The number of carbonyl (C=O) groups is 1. The van der Waals surface area contributed by atoms with Gasteiger partial charge in [-0.25, -0.2) is 0 Å². The number of carbonyl (C=O) groups excluding carboxylic acids is 1. The molecule has 1 atom stereocenters. The molecule has 116 valence electrons. The van der Waals surface area contributed by atoms with Crippen molar-refractivity contribution in [3.63, 3.8) is 0 Å². The molecule has 0 bridgehead atoms. The highest BCUT2D eigenvalue weighted by Crippen LogP contribution is 2.27. The fourth-order valence-corrected chi connectivity index (χ4v) is 2.05. The van der Waals surface area contributed by atoms with Crippen LogP contribution >= 0.6 is 0 Å². The molecule has 2 aromatic rings. The first-order valence-electron chi connectivity index (χ1n) is 7.31. The van der Waals surface area contributed by atoms with Crippen LogP contribution in [-0.4, -0.2) is 19.1 Å². The van der Waals surface area contributed by atoms with Gasteiger partial charge in [0.15, 0.2) is 17.6 Å². The van der Waals surface area contributed by atoms with Gasteiger partial charge in [-0.3, -0.25) is 4.79 Å². The number of anilines is 1. The Bertz CT molecular complexity index is 622. The summed E-state index contributed by atoms with van der Waals surface area (Å²) in [5.41, 5.74) is 1.91. The summed E-state index contributed by atoms with van der Waals surface area (Å²) >= 11 is 0. The zero-order chi connectivity index (χ0) is 15.9. The summed E-state index contributed by atoms with van der Waals surface area (Å²) in [6, 6.07) is 15.0. The van der Waals surface area contributed by atoms with Gasteiger partial charge in [0.25, 0.3) is 5.91 Å². The second-order valence-corrected chi connectivity index (χ2v) is 5.02. The SMILES string of the molecule is CC[C@@H](Oc1ccccc1OC)C(=O)Nc1ccc(C)cc1. The zero-order valence-electron chi connectivity index (χ0n) is 13.1. The Morgan fingerprint density at radius 1 is 1.09 bits per heavy atom. The highest BCUT2D eigenvalue weighted by Gasteiger charge is 2.20. The maximum absolute atomic E-state index is 12.4. The minimum Gasteiger partial charge on any atom is -0.493 e. The van der Waals surface area contributed by atoms with Crippen molar-refractivity contribution in [2.45, 2.75) is 26.4 Å². The van der Waals surface area contributed by atoms with Gasteiger partial charge in [-0.1, -0.05) is 36.8 Å². The quantitative estimate of drug-likeness (QED) is 0.882. The second-order valence-electron chi connectivity index (χ2n) is 5.02. The molecule has 0 spiro atoms. The van der Waals surface area contributed by atoms with Crippen LogP contribution in [0.25, 0.3) is 0 Å². The van der Waals surface area contributed by atoms with Gasteiger partial charge >= 0.3 is 0 Å². The van der Waals surface area contributed by atoms with Gasteiger partial charge in [0.05, 0.1) is 7.11 Å². The summed E-state index contributed by atoms with van der Waals surface area (Å²) < 4.78 is 11.1. The fourth-order valence-electron chi connectivity index (χ4n) is 2.05. The Balaban J connectivity index is 2.07. The van der Waals surface area contributed by atoms with Crippen LogP contribution in [0.2, 0.25) is 0 Å². The molecular formula is C18H21NO3. The maximum Gasteiger partial charge on any atom is 0.265 e.